The first kappa shape index (κ1) is 12.5. The molecule has 0 aliphatic heterocycles. The summed E-state index contributed by atoms with van der Waals surface area (Å²) in [5.41, 5.74) is 0. The van der Waals surface area contributed by atoms with E-state index >= 15 is 0 Å². The molecule has 9 heteroatoms. The van der Waals surface area contributed by atoms with Crippen molar-refractivity contribution >= 4 is 16.8 Å². The summed E-state index contributed by atoms with van der Waals surface area (Å²) in [6.45, 7) is 0. The van der Waals surface area contributed by atoms with Crippen LogP contribution in [0.15, 0.2) is 0 Å². The topological polar surface area (TPSA) is 26.3 Å². The van der Waals surface area contributed by atoms with E-state index < -0.39 is 23.9 Å². The average Bonchev–Trinajstić information content (AvgIpc) is 1.77. The van der Waals surface area contributed by atoms with Crippen molar-refractivity contribution in [3.8, 4) is 0 Å². The predicted molar refractivity (Wildman–Crippen MR) is 27.8 cm³/mol. The van der Waals surface area contributed by atoms with Crippen molar-refractivity contribution in [2.24, 2.45) is 0 Å². The van der Waals surface area contributed by atoms with Crippen LogP contribution >= 0.6 is 11.6 Å². The van der Waals surface area contributed by atoms with Gasteiger partial charge in [0.2, 0.25) is 6.10 Å². The van der Waals surface area contributed by atoms with Crippen LogP contribution in [0.4, 0.5) is 26.3 Å². The third-order valence-electron chi connectivity index (χ3n) is 0.755. The standard InChI is InChI=1S/C4HClF6O2/c5-2(12)1(3(6,7)8)13-4(9,10)11/h1H. The number of carbonyl (C=O) groups is 1. The second kappa shape index (κ2) is 3.70. The van der Waals surface area contributed by atoms with Crippen LogP contribution in [0.2, 0.25) is 0 Å². The van der Waals surface area contributed by atoms with Gasteiger partial charge in [-0.15, -0.1) is 13.2 Å². The van der Waals surface area contributed by atoms with Crippen LogP contribution in [0.3, 0.4) is 0 Å². The maximum Gasteiger partial charge on any atom is 0.523 e. The number of hydrogen-bond acceptors (Lipinski definition) is 2. The van der Waals surface area contributed by atoms with Gasteiger partial charge in [0.1, 0.15) is 0 Å². The lowest BCUT2D eigenvalue weighted by molar-refractivity contribution is -0.369. The first-order chi connectivity index (χ1) is 5.54. The second-order valence-corrected chi connectivity index (χ2v) is 2.16. The van der Waals surface area contributed by atoms with Crippen molar-refractivity contribution in [2.75, 3.05) is 0 Å². The molecule has 0 fully saturated rings. The number of carbonyl (C=O) groups excluding carboxylic acids is 1. The van der Waals surface area contributed by atoms with Crippen LogP contribution in [0.5, 0.6) is 0 Å². The van der Waals surface area contributed by atoms with Crippen molar-refractivity contribution in [2.45, 2.75) is 18.6 Å². The second-order valence-electron chi connectivity index (χ2n) is 1.79. The average molecular weight is 230 g/mol. The minimum atomic E-state index is -5.56. The van der Waals surface area contributed by atoms with Gasteiger partial charge in [0.05, 0.1) is 0 Å². The highest BCUT2D eigenvalue weighted by Gasteiger charge is 2.51. The van der Waals surface area contributed by atoms with Gasteiger partial charge in [-0.2, -0.15) is 13.2 Å². The van der Waals surface area contributed by atoms with E-state index in [1.807, 2.05) is 0 Å². The molecule has 0 rings (SSSR count). The molecule has 0 radical (unpaired) electrons. The number of alkyl halides is 6. The van der Waals surface area contributed by atoms with Crippen LogP contribution in [0.1, 0.15) is 0 Å². The Morgan fingerprint density at radius 2 is 1.54 bits per heavy atom. The van der Waals surface area contributed by atoms with Crippen LogP contribution in [-0.4, -0.2) is 23.9 Å². The zero-order chi connectivity index (χ0) is 10.9. The molecule has 0 N–H and O–H groups in total. The minimum Gasteiger partial charge on any atom is -0.278 e. The van der Waals surface area contributed by atoms with E-state index in [9.17, 15) is 31.1 Å². The molecule has 13 heavy (non-hydrogen) atoms. The van der Waals surface area contributed by atoms with E-state index in [-0.39, 0.29) is 0 Å². The third kappa shape index (κ3) is 4.94. The van der Waals surface area contributed by atoms with Crippen molar-refractivity contribution in [3.05, 3.63) is 0 Å². The highest BCUT2D eigenvalue weighted by atomic mass is 35.5. The Kier molecular flexibility index (Phi) is 3.56. The van der Waals surface area contributed by atoms with Crippen LogP contribution in [0.25, 0.3) is 0 Å². The van der Waals surface area contributed by atoms with Crippen LogP contribution in [-0.2, 0) is 9.53 Å². The van der Waals surface area contributed by atoms with Gasteiger partial charge in [0.25, 0.3) is 5.24 Å². The van der Waals surface area contributed by atoms with E-state index in [1.54, 1.807) is 0 Å². The Balaban J connectivity index is 4.56. The van der Waals surface area contributed by atoms with Crippen molar-refractivity contribution in [1.82, 2.24) is 0 Å². The molecule has 0 aromatic rings. The summed E-state index contributed by atoms with van der Waals surface area (Å²) in [7, 11) is 0. The number of rotatable bonds is 2. The zero-order valence-electron chi connectivity index (χ0n) is 5.54. The van der Waals surface area contributed by atoms with Crippen LogP contribution < -0.4 is 0 Å². The van der Waals surface area contributed by atoms with E-state index in [1.165, 1.54) is 0 Å². The summed E-state index contributed by atoms with van der Waals surface area (Å²) >= 11 is 4.25. The first-order valence-electron chi connectivity index (χ1n) is 2.54. The summed E-state index contributed by atoms with van der Waals surface area (Å²) in [5.74, 6) is 0. The monoisotopic (exact) mass is 230 g/mol. The van der Waals surface area contributed by atoms with Crippen molar-refractivity contribution < 1.29 is 35.9 Å². The fraction of sp³-hybridized carbons (Fsp3) is 0.750. The fourth-order valence-electron chi connectivity index (χ4n) is 0.375. The van der Waals surface area contributed by atoms with Crippen molar-refractivity contribution in [1.29, 1.82) is 0 Å². The molecule has 2 nitrogen and oxygen atoms in total. The van der Waals surface area contributed by atoms with Gasteiger partial charge >= 0.3 is 12.5 Å². The Bertz CT molecular complexity index is 196. The Labute approximate surface area is 72.4 Å². The molecule has 78 valence electrons. The van der Waals surface area contributed by atoms with E-state index in [2.05, 4.69) is 16.3 Å². The molecule has 0 saturated carbocycles. The Morgan fingerprint density at radius 1 is 1.15 bits per heavy atom. The molecule has 1 atom stereocenters. The summed E-state index contributed by atoms with van der Waals surface area (Å²) in [5, 5.41) is -2.27. The lowest BCUT2D eigenvalue weighted by atomic mass is 10.4. The van der Waals surface area contributed by atoms with Gasteiger partial charge in [-0.05, 0) is 11.6 Å². The molecule has 0 bridgehead atoms. The lowest BCUT2D eigenvalue weighted by Gasteiger charge is -2.17. The summed E-state index contributed by atoms with van der Waals surface area (Å²) < 4.78 is 71.0. The molecular weight excluding hydrogens is 229 g/mol. The molecule has 0 aromatic carbocycles. The van der Waals surface area contributed by atoms with Gasteiger partial charge < -0.3 is 0 Å². The summed E-state index contributed by atoms with van der Waals surface area (Å²) in [6.07, 6.45) is -14.7. The van der Waals surface area contributed by atoms with Gasteiger partial charge in [0, 0.05) is 0 Å². The van der Waals surface area contributed by atoms with Gasteiger partial charge in [0.15, 0.2) is 0 Å². The molecule has 0 spiro atoms. The molecular formula is C4HClF6O2. The van der Waals surface area contributed by atoms with Gasteiger partial charge in [-0.3, -0.25) is 9.53 Å². The maximum atomic E-state index is 11.6. The van der Waals surface area contributed by atoms with E-state index in [4.69, 9.17) is 0 Å². The largest absolute Gasteiger partial charge is 0.523 e. The molecule has 0 aromatic heterocycles. The Hall–Kier alpha value is -0.500. The molecule has 0 saturated heterocycles. The molecule has 0 heterocycles. The molecule has 0 amide bonds. The number of hydrogen-bond donors (Lipinski definition) is 0. The van der Waals surface area contributed by atoms with Crippen LogP contribution in [0, 0.1) is 0 Å². The number of ether oxygens (including phenoxy) is 1. The van der Waals surface area contributed by atoms with E-state index in [0.717, 1.165) is 0 Å². The van der Waals surface area contributed by atoms with Crippen molar-refractivity contribution in [3.63, 3.8) is 0 Å². The Morgan fingerprint density at radius 3 is 1.62 bits per heavy atom. The fourth-order valence-corrected chi connectivity index (χ4v) is 0.544. The SMILES string of the molecule is O=C(Cl)C(OC(F)(F)F)C(F)(F)F. The highest BCUT2D eigenvalue weighted by Crippen LogP contribution is 2.30. The third-order valence-corrected chi connectivity index (χ3v) is 0.953. The van der Waals surface area contributed by atoms with E-state index in [0.29, 0.717) is 0 Å². The smallest absolute Gasteiger partial charge is 0.278 e. The summed E-state index contributed by atoms with van der Waals surface area (Å²) in [4.78, 5) is 9.89. The maximum absolute atomic E-state index is 11.6. The van der Waals surface area contributed by atoms with Gasteiger partial charge in [-0.25, -0.2) is 0 Å². The van der Waals surface area contributed by atoms with Gasteiger partial charge in [-0.1, -0.05) is 0 Å². The quantitative estimate of drug-likeness (QED) is 0.537. The predicted octanol–water partition coefficient (Wildman–Crippen LogP) is 2.22. The molecule has 0 aliphatic carbocycles. The normalized spacial score (nSPS) is 15.6. The first-order valence-corrected chi connectivity index (χ1v) is 2.92. The minimum absolute atomic E-state index is 2.27. The number of halogens is 7. The highest BCUT2D eigenvalue weighted by molar-refractivity contribution is 6.64. The summed E-state index contributed by atoms with van der Waals surface area (Å²) in [6, 6.07) is 0. The zero-order valence-corrected chi connectivity index (χ0v) is 6.30. The molecule has 1 unspecified atom stereocenters. The molecule has 0 aliphatic rings. The lowest BCUT2D eigenvalue weighted by Crippen LogP contribution is -2.40.